The molecule has 1 aromatic heterocycles. The summed E-state index contributed by atoms with van der Waals surface area (Å²) in [6.45, 7) is 3.95. The van der Waals surface area contributed by atoms with Gasteiger partial charge in [0.05, 0.1) is 18.5 Å². The molecule has 2 heterocycles. The van der Waals surface area contributed by atoms with Gasteiger partial charge in [-0.25, -0.2) is 14.4 Å². The number of hydrogen-bond donors (Lipinski definition) is 1. The highest BCUT2D eigenvalue weighted by atomic mass is 19.1. The number of halogens is 1. The molecule has 6 heteroatoms. The zero-order valence-corrected chi connectivity index (χ0v) is 9.02. The van der Waals surface area contributed by atoms with Gasteiger partial charge in [-0.15, -0.1) is 0 Å². The van der Waals surface area contributed by atoms with Crippen molar-refractivity contribution in [2.75, 3.05) is 19.7 Å². The molecule has 0 bridgehead atoms. The van der Waals surface area contributed by atoms with Crippen molar-refractivity contribution >= 4 is 0 Å². The van der Waals surface area contributed by atoms with Gasteiger partial charge in [-0.3, -0.25) is 0 Å². The lowest BCUT2D eigenvalue weighted by Gasteiger charge is -2.28. The van der Waals surface area contributed by atoms with Gasteiger partial charge in [0.15, 0.2) is 5.82 Å². The summed E-state index contributed by atoms with van der Waals surface area (Å²) in [4.78, 5) is 7.39. The third-order valence-corrected chi connectivity index (χ3v) is 2.22. The molecule has 2 unspecified atom stereocenters. The Hall–Kier alpha value is -1.27. The predicted molar refractivity (Wildman–Crippen MR) is 54.7 cm³/mol. The molecule has 88 valence electrons. The van der Waals surface area contributed by atoms with Crippen molar-refractivity contribution in [3.05, 3.63) is 18.2 Å². The van der Waals surface area contributed by atoms with Crippen LogP contribution in [0.2, 0.25) is 0 Å². The van der Waals surface area contributed by atoms with Crippen LogP contribution in [0.5, 0.6) is 6.01 Å². The highest BCUT2D eigenvalue weighted by Gasteiger charge is 2.19. The van der Waals surface area contributed by atoms with Crippen LogP contribution in [0.25, 0.3) is 0 Å². The number of rotatable bonds is 3. The fraction of sp³-hybridized carbons (Fsp3) is 0.600. The average molecular weight is 227 g/mol. The van der Waals surface area contributed by atoms with Crippen molar-refractivity contribution in [2.24, 2.45) is 0 Å². The number of morpholine rings is 1. The fourth-order valence-corrected chi connectivity index (χ4v) is 1.51. The van der Waals surface area contributed by atoms with E-state index in [0.29, 0.717) is 6.61 Å². The third kappa shape index (κ3) is 3.11. The second-order valence-electron chi connectivity index (χ2n) is 3.72. The summed E-state index contributed by atoms with van der Waals surface area (Å²) < 4.78 is 23.4. The molecule has 0 radical (unpaired) electrons. The van der Waals surface area contributed by atoms with Gasteiger partial charge in [-0.2, -0.15) is 0 Å². The number of nitrogens with one attached hydrogen (secondary N) is 1. The predicted octanol–water partition coefficient (Wildman–Crippen LogP) is 0.371. The van der Waals surface area contributed by atoms with Gasteiger partial charge in [0.2, 0.25) is 0 Å². The molecule has 1 saturated heterocycles. The van der Waals surface area contributed by atoms with Crippen LogP contribution in [0.3, 0.4) is 0 Å². The molecule has 1 aliphatic heterocycles. The van der Waals surface area contributed by atoms with Gasteiger partial charge in [0.1, 0.15) is 12.7 Å². The maximum atomic E-state index is 12.5. The molecule has 1 N–H and O–H groups in total. The van der Waals surface area contributed by atoms with E-state index in [0.717, 1.165) is 25.5 Å². The minimum Gasteiger partial charge on any atom is -0.461 e. The van der Waals surface area contributed by atoms with Crippen molar-refractivity contribution < 1.29 is 13.9 Å². The number of ether oxygens (including phenoxy) is 2. The molecule has 5 nitrogen and oxygen atoms in total. The Kier molecular flexibility index (Phi) is 3.63. The first-order valence-corrected chi connectivity index (χ1v) is 5.20. The van der Waals surface area contributed by atoms with Gasteiger partial charge in [0.25, 0.3) is 0 Å². The van der Waals surface area contributed by atoms with E-state index < -0.39 is 5.82 Å². The molecule has 1 aromatic rings. The lowest BCUT2D eigenvalue weighted by atomic mass is 10.2. The van der Waals surface area contributed by atoms with E-state index in [4.69, 9.17) is 9.47 Å². The highest BCUT2D eigenvalue weighted by molar-refractivity contribution is 4.95. The van der Waals surface area contributed by atoms with E-state index in [1.54, 1.807) is 0 Å². The summed E-state index contributed by atoms with van der Waals surface area (Å²) >= 11 is 0. The Balaban J connectivity index is 1.80. The fourth-order valence-electron chi connectivity index (χ4n) is 1.51. The van der Waals surface area contributed by atoms with E-state index >= 15 is 0 Å². The summed E-state index contributed by atoms with van der Waals surface area (Å²) in [7, 11) is 0. The number of hydrogen-bond acceptors (Lipinski definition) is 5. The molecule has 0 aromatic carbocycles. The summed E-state index contributed by atoms with van der Waals surface area (Å²) in [5, 5.41) is 3.22. The lowest BCUT2D eigenvalue weighted by molar-refractivity contribution is -0.0483. The molecular formula is C10H14FN3O2. The zero-order valence-electron chi connectivity index (χ0n) is 9.02. The van der Waals surface area contributed by atoms with Crippen molar-refractivity contribution in [1.29, 1.82) is 0 Å². The van der Waals surface area contributed by atoms with Gasteiger partial charge in [-0.1, -0.05) is 0 Å². The SMILES string of the molecule is CC1CNCC(COc2ncc(F)cn2)O1. The first-order valence-electron chi connectivity index (χ1n) is 5.20. The normalized spacial score (nSPS) is 25.4. The quantitative estimate of drug-likeness (QED) is 0.808. The van der Waals surface area contributed by atoms with E-state index in [1.165, 1.54) is 0 Å². The van der Waals surface area contributed by atoms with Crippen LogP contribution in [0.15, 0.2) is 12.4 Å². The minimum absolute atomic E-state index is 0.0163. The van der Waals surface area contributed by atoms with Gasteiger partial charge in [0, 0.05) is 13.1 Å². The average Bonchev–Trinajstić information content (AvgIpc) is 2.28. The summed E-state index contributed by atoms with van der Waals surface area (Å²) in [6, 6.07) is 0.170. The second-order valence-corrected chi connectivity index (χ2v) is 3.72. The Morgan fingerprint density at radius 1 is 1.50 bits per heavy atom. The second kappa shape index (κ2) is 5.18. The van der Waals surface area contributed by atoms with Crippen molar-refractivity contribution in [3.8, 4) is 6.01 Å². The molecule has 2 rings (SSSR count). The van der Waals surface area contributed by atoms with Crippen LogP contribution in [-0.2, 0) is 4.74 Å². The molecule has 0 amide bonds. The molecule has 16 heavy (non-hydrogen) atoms. The molecule has 0 aliphatic carbocycles. The molecule has 0 spiro atoms. The lowest BCUT2D eigenvalue weighted by Crippen LogP contribution is -2.45. The zero-order chi connectivity index (χ0) is 11.4. The topological polar surface area (TPSA) is 56.3 Å². The summed E-state index contributed by atoms with van der Waals surface area (Å²) in [5.74, 6) is -0.475. The number of aromatic nitrogens is 2. The van der Waals surface area contributed by atoms with Crippen molar-refractivity contribution in [3.63, 3.8) is 0 Å². The Morgan fingerprint density at radius 2 is 2.25 bits per heavy atom. The highest BCUT2D eigenvalue weighted by Crippen LogP contribution is 2.06. The van der Waals surface area contributed by atoms with Crippen LogP contribution in [0.1, 0.15) is 6.92 Å². The van der Waals surface area contributed by atoms with Crippen molar-refractivity contribution in [1.82, 2.24) is 15.3 Å². The maximum Gasteiger partial charge on any atom is 0.316 e. The van der Waals surface area contributed by atoms with Crippen LogP contribution in [0, 0.1) is 5.82 Å². The monoisotopic (exact) mass is 227 g/mol. The Labute approximate surface area is 93.0 Å². The van der Waals surface area contributed by atoms with Gasteiger partial charge >= 0.3 is 6.01 Å². The smallest absolute Gasteiger partial charge is 0.316 e. The Bertz CT molecular complexity index is 333. The maximum absolute atomic E-state index is 12.5. The van der Waals surface area contributed by atoms with Crippen LogP contribution in [-0.4, -0.2) is 41.9 Å². The van der Waals surface area contributed by atoms with Crippen LogP contribution < -0.4 is 10.1 Å². The third-order valence-electron chi connectivity index (χ3n) is 2.22. The largest absolute Gasteiger partial charge is 0.461 e. The first-order chi connectivity index (χ1) is 7.74. The van der Waals surface area contributed by atoms with E-state index in [-0.39, 0.29) is 18.2 Å². The van der Waals surface area contributed by atoms with Crippen molar-refractivity contribution in [2.45, 2.75) is 19.1 Å². The molecule has 2 atom stereocenters. The Morgan fingerprint density at radius 3 is 2.94 bits per heavy atom. The molecule has 0 saturated carbocycles. The first kappa shape index (κ1) is 11.2. The van der Waals surface area contributed by atoms with Gasteiger partial charge < -0.3 is 14.8 Å². The van der Waals surface area contributed by atoms with E-state index in [2.05, 4.69) is 15.3 Å². The van der Waals surface area contributed by atoms with E-state index in [1.807, 2.05) is 6.92 Å². The summed E-state index contributed by atoms with van der Waals surface area (Å²) in [6.07, 6.45) is 2.31. The summed E-state index contributed by atoms with van der Waals surface area (Å²) in [5.41, 5.74) is 0. The number of nitrogens with zero attached hydrogens (tertiary/aromatic N) is 2. The molecule has 1 fully saturated rings. The van der Waals surface area contributed by atoms with E-state index in [9.17, 15) is 4.39 Å². The standard InChI is InChI=1S/C10H14FN3O2/c1-7-2-12-5-9(16-7)6-15-10-13-3-8(11)4-14-10/h3-4,7,9,12H,2,5-6H2,1H3. The van der Waals surface area contributed by atoms with Crippen LogP contribution in [0.4, 0.5) is 4.39 Å². The molecular weight excluding hydrogens is 213 g/mol. The molecule has 1 aliphatic rings. The van der Waals surface area contributed by atoms with Crippen LogP contribution >= 0.6 is 0 Å². The minimum atomic E-state index is -0.475. The van der Waals surface area contributed by atoms with Gasteiger partial charge in [-0.05, 0) is 6.92 Å².